The number of halogens is 2. The quantitative estimate of drug-likeness (QED) is 0.679. The molecular formula is C18H19Cl2N3O5. The first-order valence-electron chi connectivity index (χ1n) is 8.34. The molecule has 0 saturated carbocycles. The van der Waals surface area contributed by atoms with Crippen LogP contribution in [-0.4, -0.2) is 40.5 Å². The van der Waals surface area contributed by atoms with Gasteiger partial charge in [0.15, 0.2) is 11.9 Å². The van der Waals surface area contributed by atoms with Crippen LogP contribution < -0.4 is 5.32 Å². The van der Waals surface area contributed by atoms with Crippen LogP contribution in [0.2, 0.25) is 10.0 Å². The average Bonchev–Trinajstić information content (AvgIpc) is 2.92. The number of hydrogen-bond acceptors (Lipinski definition) is 6. The van der Waals surface area contributed by atoms with E-state index in [2.05, 4.69) is 15.3 Å². The van der Waals surface area contributed by atoms with Gasteiger partial charge in [-0.1, -0.05) is 23.2 Å². The first kappa shape index (κ1) is 21.7. The lowest BCUT2D eigenvalue weighted by Crippen LogP contribution is -2.30. The molecule has 0 unspecified atom stereocenters. The van der Waals surface area contributed by atoms with Crippen molar-refractivity contribution < 1.29 is 23.9 Å². The molecule has 0 spiro atoms. The van der Waals surface area contributed by atoms with E-state index in [1.165, 1.54) is 19.2 Å². The second-order valence-electron chi connectivity index (χ2n) is 5.87. The van der Waals surface area contributed by atoms with E-state index < -0.39 is 23.9 Å². The molecule has 2 heterocycles. The number of pyridine rings is 1. The molecule has 2 N–H and O–H groups in total. The van der Waals surface area contributed by atoms with Gasteiger partial charge in [0.1, 0.15) is 5.69 Å². The van der Waals surface area contributed by atoms with E-state index in [4.69, 9.17) is 32.7 Å². The van der Waals surface area contributed by atoms with Crippen molar-refractivity contribution in [2.24, 2.45) is 0 Å². The van der Waals surface area contributed by atoms with Gasteiger partial charge in [-0.2, -0.15) is 0 Å². The number of aromatic amines is 1. The van der Waals surface area contributed by atoms with Crippen molar-refractivity contribution in [3.8, 4) is 0 Å². The van der Waals surface area contributed by atoms with E-state index in [1.54, 1.807) is 20.8 Å². The molecule has 150 valence electrons. The van der Waals surface area contributed by atoms with Crippen molar-refractivity contribution in [3.63, 3.8) is 0 Å². The molecule has 10 heteroatoms. The molecule has 2 aromatic heterocycles. The number of esters is 2. The summed E-state index contributed by atoms with van der Waals surface area (Å²) in [6.07, 6.45) is 0.178. The van der Waals surface area contributed by atoms with Crippen molar-refractivity contribution in [2.45, 2.75) is 33.8 Å². The maximum absolute atomic E-state index is 12.4. The summed E-state index contributed by atoms with van der Waals surface area (Å²) in [5.41, 5.74) is 1.19. The zero-order valence-corrected chi connectivity index (χ0v) is 17.2. The van der Waals surface area contributed by atoms with Gasteiger partial charge in [0, 0.05) is 11.9 Å². The average molecular weight is 428 g/mol. The number of anilines is 1. The third-order valence-electron chi connectivity index (χ3n) is 3.82. The third-order valence-corrected chi connectivity index (χ3v) is 4.32. The van der Waals surface area contributed by atoms with Gasteiger partial charge in [0.25, 0.3) is 5.91 Å². The van der Waals surface area contributed by atoms with Crippen LogP contribution in [-0.2, 0) is 14.3 Å². The van der Waals surface area contributed by atoms with E-state index in [9.17, 15) is 14.4 Å². The van der Waals surface area contributed by atoms with Gasteiger partial charge in [-0.05, 0) is 39.3 Å². The largest absolute Gasteiger partial charge is 0.462 e. The van der Waals surface area contributed by atoms with Crippen LogP contribution in [0.4, 0.5) is 5.82 Å². The lowest BCUT2D eigenvalue weighted by atomic mass is 10.1. The monoisotopic (exact) mass is 427 g/mol. The summed E-state index contributed by atoms with van der Waals surface area (Å²) in [5, 5.41) is 2.92. The van der Waals surface area contributed by atoms with Crippen LogP contribution in [0.3, 0.4) is 0 Å². The van der Waals surface area contributed by atoms with E-state index >= 15 is 0 Å². The summed E-state index contributed by atoms with van der Waals surface area (Å²) < 4.78 is 10.2. The smallest absolute Gasteiger partial charge is 0.355 e. The topological polar surface area (TPSA) is 110 Å². The van der Waals surface area contributed by atoms with Crippen molar-refractivity contribution in [2.75, 3.05) is 11.9 Å². The van der Waals surface area contributed by atoms with Gasteiger partial charge < -0.3 is 19.8 Å². The molecular weight excluding hydrogens is 409 g/mol. The van der Waals surface area contributed by atoms with Crippen LogP contribution in [0.15, 0.2) is 12.3 Å². The minimum atomic E-state index is -1.14. The molecule has 1 amide bonds. The molecule has 0 bridgehead atoms. The fourth-order valence-corrected chi connectivity index (χ4v) is 2.89. The highest BCUT2D eigenvalue weighted by atomic mass is 35.5. The summed E-state index contributed by atoms with van der Waals surface area (Å²) >= 11 is 11.7. The van der Waals surface area contributed by atoms with Gasteiger partial charge in [-0.15, -0.1) is 0 Å². The number of rotatable bonds is 6. The zero-order chi connectivity index (χ0) is 21.0. The Morgan fingerprint density at radius 1 is 1.25 bits per heavy atom. The fourth-order valence-electron chi connectivity index (χ4n) is 2.46. The first-order valence-corrected chi connectivity index (χ1v) is 9.10. The maximum atomic E-state index is 12.4. The van der Waals surface area contributed by atoms with Gasteiger partial charge >= 0.3 is 11.9 Å². The highest BCUT2D eigenvalue weighted by Gasteiger charge is 2.26. The van der Waals surface area contributed by atoms with Crippen molar-refractivity contribution in [1.29, 1.82) is 0 Å². The lowest BCUT2D eigenvalue weighted by molar-refractivity contribution is -0.123. The molecule has 0 saturated heterocycles. The number of nitrogens with one attached hydrogen (secondary N) is 2. The zero-order valence-electron chi connectivity index (χ0n) is 15.7. The van der Waals surface area contributed by atoms with Gasteiger partial charge in [0.2, 0.25) is 0 Å². The number of nitrogens with zero attached hydrogens (tertiary/aromatic N) is 1. The Labute approximate surface area is 171 Å². The Bertz CT molecular complexity index is 926. The SMILES string of the molecule is CCOC(=O)c1c(C)[nH]c(C(=O)O[C@@H](C)C(=O)Nc2ncc(Cl)cc2Cl)c1C. The van der Waals surface area contributed by atoms with Gasteiger partial charge in [-0.25, -0.2) is 14.6 Å². The molecule has 8 nitrogen and oxygen atoms in total. The predicted octanol–water partition coefficient (Wildman–Crippen LogP) is 3.69. The number of hydrogen-bond donors (Lipinski definition) is 2. The molecule has 28 heavy (non-hydrogen) atoms. The molecule has 2 aromatic rings. The van der Waals surface area contributed by atoms with Crippen LogP contribution in [0.5, 0.6) is 0 Å². The standard InChI is InChI=1S/C18H19Cl2N3O5/c1-5-27-17(25)13-8(2)14(22-9(13)3)18(26)28-10(4)16(24)23-15-12(20)6-11(19)7-21-15/h6-7,10,22H,5H2,1-4H3,(H,21,23,24)/t10-/m0/s1. The Balaban J connectivity index is 2.10. The van der Waals surface area contributed by atoms with E-state index in [0.717, 1.165) is 0 Å². The van der Waals surface area contributed by atoms with E-state index in [1.807, 2.05) is 0 Å². The number of amides is 1. The summed E-state index contributed by atoms with van der Waals surface area (Å²) in [5.74, 6) is -1.86. The molecule has 0 aliphatic carbocycles. The van der Waals surface area contributed by atoms with Crippen LogP contribution in [0.25, 0.3) is 0 Å². The Kier molecular flexibility index (Phi) is 7.04. The molecule has 0 aromatic carbocycles. The molecule has 0 fully saturated rings. The highest BCUT2D eigenvalue weighted by Crippen LogP contribution is 2.23. The number of carbonyl (C=O) groups is 3. The van der Waals surface area contributed by atoms with Gasteiger partial charge in [-0.3, -0.25) is 4.79 Å². The summed E-state index contributed by atoms with van der Waals surface area (Å²) in [7, 11) is 0. The lowest BCUT2D eigenvalue weighted by Gasteiger charge is -2.13. The summed E-state index contributed by atoms with van der Waals surface area (Å²) in [6, 6.07) is 1.42. The number of H-pyrrole nitrogens is 1. The highest BCUT2D eigenvalue weighted by molar-refractivity contribution is 6.36. The second kappa shape index (κ2) is 9.07. The Morgan fingerprint density at radius 2 is 1.93 bits per heavy atom. The first-order chi connectivity index (χ1) is 13.1. The molecule has 0 radical (unpaired) electrons. The second-order valence-corrected chi connectivity index (χ2v) is 6.71. The molecule has 1 atom stereocenters. The van der Waals surface area contributed by atoms with Crippen LogP contribution in [0.1, 0.15) is 46.0 Å². The minimum absolute atomic E-state index is 0.0721. The van der Waals surface area contributed by atoms with Crippen LogP contribution in [0, 0.1) is 13.8 Å². The summed E-state index contributed by atoms with van der Waals surface area (Å²) in [4.78, 5) is 43.4. The molecule has 0 aliphatic rings. The van der Waals surface area contributed by atoms with Crippen LogP contribution >= 0.6 is 23.2 Å². The third kappa shape index (κ3) is 4.82. The van der Waals surface area contributed by atoms with E-state index in [0.29, 0.717) is 16.3 Å². The number of aromatic nitrogens is 2. The number of ether oxygens (including phenoxy) is 2. The predicted molar refractivity (Wildman–Crippen MR) is 104 cm³/mol. The fraction of sp³-hybridized carbons (Fsp3) is 0.333. The van der Waals surface area contributed by atoms with Gasteiger partial charge in [0.05, 0.1) is 22.2 Å². The number of carbonyl (C=O) groups excluding carboxylic acids is 3. The van der Waals surface area contributed by atoms with E-state index in [-0.39, 0.29) is 28.7 Å². The van der Waals surface area contributed by atoms with Crippen molar-refractivity contribution >= 4 is 46.9 Å². The van der Waals surface area contributed by atoms with Crippen molar-refractivity contribution in [1.82, 2.24) is 9.97 Å². The van der Waals surface area contributed by atoms with Crippen molar-refractivity contribution in [3.05, 3.63) is 44.8 Å². The minimum Gasteiger partial charge on any atom is -0.462 e. The molecule has 2 rings (SSSR count). The molecule has 0 aliphatic heterocycles. The Morgan fingerprint density at radius 3 is 2.54 bits per heavy atom. The Hall–Kier alpha value is -2.58. The maximum Gasteiger partial charge on any atom is 0.355 e. The number of aryl methyl sites for hydroxylation is 1. The normalized spacial score (nSPS) is 11.6. The summed E-state index contributed by atoms with van der Waals surface area (Å²) in [6.45, 7) is 6.52.